The van der Waals surface area contributed by atoms with Crippen LogP contribution in [-0.2, 0) is 6.54 Å². The molecule has 1 aliphatic rings. The third kappa shape index (κ3) is 2.25. The highest BCUT2D eigenvalue weighted by atomic mass is 15.2. The average Bonchev–Trinajstić information content (AvgIpc) is 2.66. The van der Waals surface area contributed by atoms with Crippen molar-refractivity contribution in [1.82, 2.24) is 19.9 Å². The lowest BCUT2D eigenvalue weighted by atomic mass is 9.70. The third-order valence-corrected chi connectivity index (χ3v) is 3.93. The van der Waals surface area contributed by atoms with Crippen LogP contribution in [0.2, 0.25) is 0 Å². The zero-order valence-corrected chi connectivity index (χ0v) is 11.1. The van der Waals surface area contributed by atoms with E-state index in [0.717, 1.165) is 24.4 Å². The van der Waals surface area contributed by atoms with Gasteiger partial charge in [0.15, 0.2) is 5.65 Å². The highest BCUT2D eigenvalue weighted by Gasteiger charge is 2.30. The van der Waals surface area contributed by atoms with E-state index in [1.54, 1.807) is 0 Å². The van der Waals surface area contributed by atoms with E-state index in [4.69, 9.17) is 0 Å². The molecule has 4 nitrogen and oxygen atoms in total. The van der Waals surface area contributed by atoms with Crippen LogP contribution >= 0.6 is 0 Å². The van der Waals surface area contributed by atoms with Crippen molar-refractivity contribution >= 4 is 5.65 Å². The zero-order chi connectivity index (χ0) is 12.6. The standard InChI is InChI=1S/C14H20N4/c1-11-6-13-16-8-12(9-18(13)17-11)7-15-10-14(2)4-3-5-14/h6,8-9,15H,3-5,7,10H2,1-2H3. The summed E-state index contributed by atoms with van der Waals surface area (Å²) in [5.74, 6) is 0. The van der Waals surface area contributed by atoms with Gasteiger partial charge in [-0.15, -0.1) is 0 Å². The van der Waals surface area contributed by atoms with E-state index in [2.05, 4.69) is 28.5 Å². The fourth-order valence-electron chi connectivity index (χ4n) is 2.59. The van der Waals surface area contributed by atoms with E-state index in [9.17, 15) is 0 Å². The van der Waals surface area contributed by atoms with Crippen LogP contribution in [0.15, 0.2) is 18.5 Å². The lowest BCUT2D eigenvalue weighted by Crippen LogP contribution is -2.37. The number of nitrogens with one attached hydrogen (secondary N) is 1. The van der Waals surface area contributed by atoms with Crippen LogP contribution in [0.25, 0.3) is 5.65 Å². The van der Waals surface area contributed by atoms with Crippen molar-refractivity contribution in [1.29, 1.82) is 0 Å². The Bertz CT molecular complexity index is 554. The molecule has 0 unspecified atom stereocenters. The van der Waals surface area contributed by atoms with Gasteiger partial charge in [0, 0.05) is 37.1 Å². The molecule has 0 saturated heterocycles. The van der Waals surface area contributed by atoms with Crippen LogP contribution in [0.5, 0.6) is 0 Å². The summed E-state index contributed by atoms with van der Waals surface area (Å²) in [5.41, 5.74) is 3.64. The SMILES string of the molecule is Cc1cc2ncc(CNCC3(C)CCC3)cn2n1. The van der Waals surface area contributed by atoms with Crippen molar-refractivity contribution < 1.29 is 0 Å². The maximum atomic E-state index is 4.41. The molecule has 2 heterocycles. The minimum absolute atomic E-state index is 0.528. The minimum atomic E-state index is 0.528. The summed E-state index contributed by atoms with van der Waals surface area (Å²) in [5, 5.41) is 7.92. The second-order valence-corrected chi connectivity index (χ2v) is 5.82. The molecule has 0 bridgehead atoms. The highest BCUT2D eigenvalue weighted by molar-refractivity contribution is 5.38. The van der Waals surface area contributed by atoms with Crippen LogP contribution in [0.3, 0.4) is 0 Å². The Kier molecular flexibility index (Phi) is 2.82. The van der Waals surface area contributed by atoms with Crippen LogP contribution in [-0.4, -0.2) is 21.1 Å². The zero-order valence-electron chi connectivity index (χ0n) is 11.1. The first-order chi connectivity index (χ1) is 8.65. The molecule has 3 rings (SSSR count). The molecule has 0 radical (unpaired) electrons. The molecule has 0 atom stereocenters. The average molecular weight is 244 g/mol. The van der Waals surface area contributed by atoms with Crippen LogP contribution in [0.4, 0.5) is 0 Å². The van der Waals surface area contributed by atoms with E-state index in [1.165, 1.54) is 24.8 Å². The summed E-state index contributed by atoms with van der Waals surface area (Å²) >= 11 is 0. The summed E-state index contributed by atoms with van der Waals surface area (Å²) in [6.45, 7) is 6.33. The Labute approximate surface area is 107 Å². The van der Waals surface area contributed by atoms with Gasteiger partial charge >= 0.3 is 0 Å². The summed E-state index contributed by atoms with van der Waals surface area (Å²) < 4.78 is 1.86. The molecular weight excluding hydrogens is 224 g/mol. The Morgan fingerprint density at radius 3 is 3.00 bits per heavy atom. The van der Waals surface area contributed by atoms with Gasteiger partial charge in [-0.2, -0.15) is 5.10 Å². The first-order valence-electron chi connectivity index (χ1n) is 6.66. The summed E-state index contributed by atoms with van der Waals surface area (Å²) in [6, 6.07) is 1.99. The molecular formula is C14H20N4. The quantitative estimate of drug-likeness (QED) is 0.897. The van der Waals surface area contributed by atoms with Gasteiger partial charge in [-0.3, -0.25) is 0 Å². The molecule has 2 aromatic rings. The fraction of sp³-hybridized carbons (Fsp3) is 0.571. The third-order valence-electron chi connectivity index (χ3n) is 3.93. The number of rotatable bonds is 4. The second-order valence-electron chi connectivity index (χ2n) is 5.82. The normalized spacial score (nSPS) is 17.9. The number of aromatic nitrogens is 3. The predicted octanol–water partition coefficient (Wildman–Crippen LogP) is 2.32. The molecule has 18 heavy (non-hydrogen) atoms. The van der Waals surface area contributed by atoms with Gasteiger partial charge in [0.1, 0.15) is 0 Å². The van der Waals surface area contributed by atoms with Crippen LogP contribution in [0.1, 0.15) is 37.4 Å². The fourth-order valence-corrected chi connectivity index (χ4v) is 2.59. The van der Waals surface area contributed by atoms with Gasteiger partial charge in [0.05, 0.1) is 5.69 Å². The maximum Gasteiger partial charge on any atom is 0.155 e. The van der Waals surface area contributed by atoms with E-state index in [-0.39, 0.29) is 0 Å². The van der Waals surface area contributed by atoms with Crippen LogP contribution in [0, 0.1) is 12.3 Å². The number of fused-ring (bicyclic) bond motifs is 1. The van der Waals surface area contributed by atoms with Crippen molar-refractivity contribution in [3.63, 3.8) is 0 Å². The minimum Gasteiger partial charge on any atom is -0.312 e. The largest absolute Gasteiger partial charge is 0.312 e. The van der Waals surface area contributed by atoms with E-state index >= 15 is 0 Å². The van der Waals surface area contributed by atoms with Gasteiger partial charge < -0.3 is 5.32 Å². The molecule has 1 saturated carbocycles. The van der Waals surface area contributed by atoms with E-state index in [0.29, 0.717) is 5.41 Å². The van der Waals surface area contributed by atoms with Gasteiger partial charge in [0.2, 0.25) is 0 Å². The smallest absolute Gasteiger partial charge is 0.155 e. The number of hydrogen-bond donors (Lipinski definition) is 1. The van der Waals surface area contributed by atoms with Gasteiger partial charge in [-0.1, -0.05) is 13.3 Å². The lowest BCUT2D eigenvalue weighted by Gasteiger charge is -2.38. The van der Waals surface area contributed by atoms with Crippen molar-refractivity contribution in [2.75, 3.05) is 6.54 Å². The Morgan fingerprint density at radius 2 is 2.28 bits per heavy atom. The molecule has 0 aromatic carbocycles. The molecule has 0 amide bonds. The molecule has 1 N–H and O–H groups in total. The molecule has 4 heteroatoms. The Hall–Kier alpha value is -1.42. The molecule has 1 fully saturated rings. The predicted molar refractivity (Wildman–Crippen MR) is 71.4 cm³/mol. The summed E-state index contributed by atoms with van der Waals surface area (Å²) in [6.07, 6.45) is 8.10. The monoisotopic (exact) mass is 244 g/mol. The first kappa shape index (κ1) is 11.7. The topological polar surface area (TPSA) is 42.2 Å². The number of nitrogens with zero attached hydrogens (tertiary/aromatic N) is 3. The van der Waals surface area contributed by atoms with Crippen molar-refractivity contribution in [3.05, 3.63) is 29.7 Å². The molecule has 0 aliphatic heterocycles. The Morgan fingerprint density at radius 1 is 1.44 bits per heavy atom. The maximum absolute atomic E-state index is 4.41. The number of hydrogen-bond acceptors (Lipinski definition) is 3. The molecule has 96 valence electrons. The van der Waals surface area contributed by atoms with Crippen LogP contribution < -0.4 is 5.32 Å². The highest BCUT2D eigenvalue weighted by Crippen LogP contribution is 2.39. The van der Waals surface area contributed by atoms with Crippen molar-refractivity contribution in [3.8, 4) is 0 Å². The van der Waals surface area contributed by atoms with E-state index in [1.807, 2.05) is 23.7 Å². The summed E-state index contributed by atoms with van der Waals surface area (Å²) in [7, 11) is 0. The number of aryl methyl sites for hydroxylation is 1. The second kappa shape index (κ2) is 4.35. The first-order valence-corrected chi connectivity index (χ1v) is 6.66. The summed E-state index contributed by atoms with van der Waals surface area (Å²) in [4.78, 5) is 4.41. The van der Waals surface area contributed by atoms with Crippen molar-refractivity contribution in [2.45, 2.75) is 39.7 Å². The van der Waals surface area contributed by atoms with Gasteiger partial charge in [0.25, 0.3) is 0 Å². The Balaban J connectivity index is 1.63. The molecule has 0 spiro atoms. The van der Waals surface area contributed by atoms with Gasteiger partial charge in [-0.25, -0.2) is 9.50 Å². The molecule has 2 aromatic heterocycles. The van der Waals surface area contributed by atoms with Gasteiger partial charge in [-0.05, 0) is 25.2 Å². The van der Waals surface area contributed by atoms with E-state index < -0.39 is 0 Å². The lowest BCUT2D eigenvalue weighted by molar-refractivity contribution is 0.156. The van der Waals surface area contributed by atoms with Crippen molar-refractivity contribution in [2.24, 2.45) is 5.41 Å². The molecule has 1 aliphatic carbocycles.